The molecule has 0 aliphatic heterocycles. The lowest BCUT2D eigenvalue weighted by Crippen LogP contribution is -2.03. The molecule has 0 unspecified atom stereocenters. The Balaban J connectivity index is 2.03. The van der Waals surface area contributed by atoms with E-state index in [1.165, 1.54) is 0 Å². The van der Waals surface area contributed by atoms with Crippen molar-refractivity contribution >= 4 is 25.8 Å². The first-order valence-corrected chi connectivity index (χ1v) is 9.17. The van der Waals surface area contributed by atoms with E-state index in [0.717, 1.165) is 4.47 Å². The maximum atomic E-state index is 12.8. The standard InChI is InChI=1S/C18H13BrO3S/c19-14-10-12-15(13-11-14)22-17-8-4-5-9-18(17)23(20,21)16-6-2-1-3-7-16/h1-13H. The van der Waals surface area contributed by atoms with Crippen molar-refractivity contribution in [2.45, 2.75) is 9.79 Å². The van der Waals surface area contributed by atoms with E-state index in [4.69, 9.17) is 4.74 Å². The van der Waals surface area contributed by atoms with Crippen molar-refractivity contribution in [2.75, 3.05) is 0 Å². The lowest BCUT2D eigenvalue weighted by atomic mass is 10.3. The Hall–Kier alpha value is -2.11. The van der Waals surface area contributed by atoms with Crippen LogP contribution in [0.4, 0.5) is 0 Å². The smallest absolute Gasteiger partial charge is 0.210 e. The third kappa shape index (κ3) is 3.46. The average molecular weight is 389 g/mol. The monoisotopic (exact) mass is 388 g/mol. The van der Waals surface area contributed by atoms with Crippen molar-refractivity contribution in [3.05, 3.63) is 83.3 Å². The summed E-state index contributed by atoms with van der Waals surface area (Å²) in [5, 5.41) is 0. The highest BCUT2D eigenvalue weighted by atomic mass is 79.9. The number of halogens is 1. The number of ether oxygens (including phenoxy) is 1. The number of hydrogen-bond acceptors (Lipinski definition) is 3. The molecule has 0 aliphatic rings. The maximum Gasteiger partial charge on any atom is 0.210 e. The topological polar surface area (TPSA) is 43.4 Å². The Labute approximate surface area is 143 Å². The molecule has 23 heavy (non-hydrogen) atoms. The SMILES string of the molecule is O=S(=O)(c1ccccc1)c1ccccc1Oc1ccc(Br)cc1. The van der Waals surface area contributed by atoms with Crippen LogP contribution in [0.15, 0.2) is 93.1 Å². The fourth-order valence-electron chi connectivity index (χ4n) is 2.11. The predicted octanol–water partition coefficient (Wildman–Crippen LogP) is 5.07. The van der Waals surface area contributed by atoms with E-state index in [2.05, 4.69) is 15.9 Å². The molecule has 0 saturated heterocycles. The van der Waals surface area contributed by atoms with E-state index in [1.807, 2.05) is 12.1 Å². The van der Waals surface area contributed by atoms with E-state index in [1.54, 1.807) is 66.7 Å². The van der Waals surface area contributed by atoms with E-state index >= 15 is 0 Å². The second-order valence-electron chi connectivity index (χ2n) is 4.82. The van der Waals surface area contributed by atoms with Gasteiger partial charge in [0.1, 0.15) is 16.4 Å². The summed E-state index contributed by atoms with van der Waals surface area (Å²) < 4.78 is 32.3. The van der Waals surface area contributed by atoms with Gasteiger partial charge in [-0.15, -0.1) is 0 Å². The number of hydrogen-bond donors (Lipinski definition) is 0. The van der Waals surface area contributed by atoms with Crippen LogP contribution in [0.25, 0.3) is 0 Å². The molecule has 0 fully saturated rings. The van der Waals surface area contributed by atoms with Gasteiger partial charge in [0.15, 0.2) is 0 Å². The van der Waals surface area contributed by atoms with Gasteiger partial charge in [0, 0.05) is 4.47 Å². The first-order chi connectivity index (χ1) is 11.1. The minimum atomic E-state index is -3.63. The van der Waals surface area contributed by atoms with Crippen LogP contribution in [0.1, 0.15) is 0 Å². The van der Waals surface area contributed by atoms with Gasteiger partial charge in [0.2, 0.25) is 9.84 Å². The predicted molar refractivity (Wildman–Crippen MR) is 92.6 cm³/mol. The van der Waals surface area contributed by atoms with Crippen LogP contribution in [-0.2, 0) is 9.84 Å². The molecule has 5 heteroatoms. The molecule has 0 atom stereocenters. The molecule has 0 radical (unpaired) electrons. The molecule has 0 aliphatic carbocycles. The highest BCUT2D eigenvalue weighted by Crippen LogP contribution is 2.32. The van der Waals surface area contributed by atoms with Gasteiger partial charge < -0.3 is 4.74 Å². The van der Waals surface area contributed by atoms with Crippen LogP contribution in [0, 0.1) is 0 Å². The van der Waals surface area contributed by atoms with Crippen LogP contribution in [0.5, 0.6) is 11.5 Å². The van der Waals surface area contributed by atoms with Crippen molar-refractivity contribution in [1.29, 1.82) is 0 Å². The second-order valence-corrected chi connectivity index (χ2v) is 7.65. The van der Waals surface area contributed by atoms with Crippen LogP contribution < -0.4 is 4.74 Å². The summed E-state index contributed by atoms with van der Waals surface area (Å²) >= 11 is 3.36. The van der Waals surface area contributed by atoms with E-state index in [9.17, 15) is 8.42 Å². The van der Waals surface area contributed by atoms with Gasteiger partial charge in [-0.25, -0.2) is 8.42 Å². The van der Waals surface area contributed by atoms with Gasteiger partial charge >= 0.3 is 0 Å². The molecule has 0 amide bonds. The molecule has 0 heterocycles. The molecule has 0 spiro atoms. The Morgan fingerprint density at radius 1 is 0.739 bits per heavy atom. The quantitative estimate of drug-likeness (QED) is 0.626. The summed E-state index contributed by atoms with van der Waals surface area (Å²) in [5.41, 5.74) is 0. The lowest BCUT2D eigenvalue weighted by Gasteiger charge is -2.12. The van der Waals surface area contributed by atoms with Crippen molar-refractivity contribution in [3.63, 3.8) is 0 Å². The van der Waals surface area contributed by atoms with Crippen molar-refractivity contribution in [2.24, 2.45) is 0 Å². The third-order valence-corrected chi connectivity index (χ3v) is 5.57. The molecule has 0 N–H and O–H groups in total. The van der Waals surface area contributed by atoms with Gasteiger partial charge in [-0.1, -0.05) is 46.3 Å². The summed E-state index contributed by atoms with van der Waals surface area (Å²) in [4.78, 5) is 0.390. The number of sulfone groups is 1. The summed E-state index contributed by atoms with van der Waals surface area (Å²) in [7, 11) is -3.63. The lowest BCUT2D eigenvalue weighted by molar-refractivity contribution is 0.467. The van der Waals surface area contributed by atoms with Crippen LogP contribution >= 0.6 is 15.9 Å². The highest BCUT2D eigenvalue weighted by Gasteiger charge is 2.22. The molecule has 3 aromatic carbocycles. The van der Waals surface area contributed by atoms with Crippen LogP contribution in [0.3, 0.4) is 0 Å². The normalized spacial score (nSPS) is 11.2. The Morgan fingerprint density at radius 3 is 2.04 bits per heavy atom. The van der Waals surface area contributed by atoms with E-state index in [-0.39, 0.29) is 9.79 Å². The van der Waals surface area contributed by atoms with Gasteiger partial charge in [-0.2, -0.15) is 0 Å². The first kappa shape index (κ1) is 15.8. The number of benzene rings is 3. The summed E-state index contributed by atoms with van der Waals surface area (Å²) in [6, 6.07) is 22.2. The minimum Gasteiger partial charge on any atom is -0.456 e. The third-order valence-electron chi connectivity index (χ3n) is 3.23. The zero-order valence-corrected chi connectivity index (χ0v) is 14.4. The Kier molecular flexibility index (Phi) is 4.50. The molecule has 0 saturated carbocycles. The molecule has 116 valence electrons. The van der Waals surface area contributed by atoms with Gasteiger partial charge in [-0.3, -0.25) is 0 Å². The largest absolute Gasteiger partial charge is 0.456 e. The number of rotatable bonds is 4. The van der Waals surface area contributed by atoms with Crippen molar-refractivity contribution in [3.8, 4) is 11.5 Å². The molecular weight excluding hydrogens is 376 g/mol. The zero-order chi connectivity index (χ0) is 16.3. The van der Waals surface area contributed by atoms with E-state index in [0.29, 0.717) is 11.5 Å². The fraction of sp³-hybridized carbons (Fsp3) is 0. The fourth-order valence-corrected chi connectivity index (χ4v) is 3.78. The van der Waals surface area contributed by atoms with Crippen LogP contribution in [-0.4, -0.2) is 8.42 Å². The van der Waals surface area contributed by atoms with Gasteiger partial charge in [0.25, 0.3) is 0 Å². The maximum absolute atomic E-state index is 12.8. The zero-order valence-electron chi connectivity index (χ0n) is 12.0. The molecule has 3 nitrogen and oxygen atoms in total. The average Bonchev–Trinajstić information content (AvgIpc) is 2.58. The van der Waals surface area contributed by atoms with Gasteiger partial charge in [0.05, 0.1) is 4.90 Å². The molecule has 0 aromatic heterocycles. The first-order valence-electron chi connectivity index (χ1n) is 6.90. The summed E-state index contributed by atoms with van der Waals surface area (Å²) in [5.74, 6) is 0.877. The molecule has 0 bridgehead atoms. The molecule has 3 rings (SSSR count). The van der Waals surface area contributed by atoms with Crippen LogP contribution in [0.2, 0.25) is 0 Å². The van der Waals surface area contributed by atoms with Crippen molar-refractivity contribution in [1.82, 2.24) is 0 Å². The second kappa shape index (κ2) is 6.56. The van der Waals surface area contributed by atoms with Crippen molar-refractivity contribution < 1.29 is 13.2 Å². The summed E-state index contributed by atoms with van der Waals surface area (Å²) in [6.45, 7) is 0. The molecule has 3 aromatic rings. The molecular formula is C18H13BrO3S. The number of para-hydroxylation sites is 1. The minimum absolute atomic E-state index is 0.147. The van der Waals surface area contributed by atoms with Gasteiger partial charge in [-0.05, 0) is 48.5 Å². The van der Waals surface area contributed by atoms with E-state index < -0.39 is 9.84 Å². The Bertz CT molecular complexity index is 905. The summed E-state index contributed by atoms with van der Waals surface area (Å²) in [6.07, 6.45) is 0. The Morgan fingerprint density at radius 2 is 1.35 bits per heavy atom. The highest BCUT2D eigenvalue weighted by molar-refractivity contribution is 9.10.